The zero-order chi connectivity index (χ0) is 13.3. The van der Waals surface area contributed by atoms with Crippen molar-refractivity contribution in [1.29, 1.82) is 0 Å². The van der Waals surface area contributed by atoms with Crippen LogP contribution in [0.4, 0.5) is 0 Å². The lowest BCUT2D eigenvalue weighted by atomic mass is 9.84. The SMILES string of the molecule is [CH2]C1(C)CCCN(CC2COc3ccccc3O2)C1. The van der Waals surface area contributed by atoms with Crippen LogP contribution in [0.15, 0.2) is 24.3 Å². The topological polar surface area (TPSA) is 21.7 Å². The van der Waals surface area contributed by atoms with Crippen molar-refractivity contribution in [2.24, 2.45) is 5.41 Å². The van der Waals surface area contributed by atoms with Gasteiger partial charge in [0, 0.05) is 13.1 Å². The minimum absolute atomic E-state index is 0.129. The van der Waals surface area contributed by atoms with E-state index in [1.165, 1.54) is 12.8 Å². The monoisotopic (exact) mass is 260 g/mol. The Morgan fingerprint density at radius 3 is 2.95 bits per heavy atom. The lowest BCUT2D eigenvalue weighted by Crippen LogP contribution is -2.47. The number of fused-ring (bicyclic) bond motifs is 1. The number of piperidine rings is 1. The van der Waals surface area contributed by atoms with Crippen molar-refractivity contribution in [1.82, 2.24) is 4.90 Å². The molecule has 19 heavy (non-hydrogen) atoms. The van der Waals surface area contributed by atoms with Gasteiger partial charge in [-0.25, -0.2) is 0 Å². The quantitative estimate of drug-likeness (QED) is 0.816. The predicted octanol–water partition coefficient (Wildman–Crippen LogP) is 2.76. The number of hydrogen-bond donors (Lipinski definition) is 0. The van der Waals surface area contributed by atoms with Gasteiger partial charge in [0.25, 0.3) is 0 Å². The third-order valence-corrected chi connectivity index (χ3v) is 3.89. The molecule has 0 bridgehead atoms. The molecule has 1 saturated heterocycles. The fourth-order valence-corrected chi connectivity index (χ4v) is 3.02. The van der Waals surface area contributed by atoms with Crippen LogP contribution in [0.2, 0.25) is 0 Å². The van der Waals surface area contributed by atoms with Gasteiger partial charge in [0.1, 0.15) is 12.7 Å². The molecule has 103 valence electrons. The average molecular weight is 260 g/mol. The molecule has 0 N–H and O–H groups in total. The smallest absolute Gasteiger partial charge is 0.161 e. The number of ether oxygens (including phenoxy) is 2. The van der Waals surface area contributed by atoms with Crippen LogP contribution in [0.1, 0.15) is 19.8 Å². The van der Waals surface area contributed by atoms with E-state index in [-0.39, 0.29) is 11.5 Å². The van der Waals surface area contributed by atoms with Crippen molar-refractivity contribution < 1.29 is 9.47 Å². The van der Waals surface area contributed by atoms with Gasteiger partial charge in [-0.1, -0.05) is 19.1 Å². The van der Waals surface area contributed by atoms with Crippen molar-refractivity contribution in [3.8, 4) is 11.5 Å². The van der Waals surface area contributed by atoms with Crippen LogP contribution < -0.4 is 9.47 Å². The Labute approximate surface area is 115 Å². The Morgan fingerprint density at radius 2 is 2.16 bits per heavy atom. The van der Waals surface area contributed by atoms with Gasteiger partial charge >= 0.3 is 0 Å². The number of hydrogen-bond acceptors (Lipinski definition) is 3. The van der Waals surface area contributed by atoms with E-state index >= 15 is 0 Å². The Morgan fingerprint density at radius 1 is 1.37 bits per heavy atom. The zero-order valence-electron chi connectivity index (χ0n) is 11.6. The highest BCUT2D eigenvalue weighted by Gasteiger charge is 2.29. The Bertz CT molecular complexity index is 444. The van der Waals surface area contributed by atoms with Crippen molar-refractivity contribution in [2.45, 2.75) is 25.9 Å². The molecule has 2 aliphatic heterocycles. The van der Waals surface area contributed by atoms with E-state index < -0.39 is 0 Å². The summed E-state index contributed by atoms with van der Waals surface area (Å²) in [5, 5.41) is 0. The molecular weight excluding hydrogens is 238 g/mol. The first-order chi connectivity index (χ1) is 9.12. The van der Waals surface area contributed by atoms with E-state index in [1.54, 1.807) is 0 Å². The number of benzene rings is 1. The van der Waals surface area contributed by atoms with Crippen molar-refractivity contribution in [3.63, 3.8) is 0 Å². The molecular formula is C16H22NO2. The summed E-state index contributed by atoms with van der Waals surface area (Å²) in [5.74, 6) is 1.73. The first kappa shape index (κ1) is 12.8. The van der Waals surface area contributed by atoms with E-state index in [2.05, 4.69) is 18.7 Å². The summed E-state index contributed by atoms with van der Waals surface area (Å²) >= 11 is 0. The molecule has 2 unspecified atom stereocenters. The van der Waals surface area contributed by atoms with Crippen LogP contribution in [0.3, 0.4) is 0 Å². The maximum atomic E-state index is 6.02. The van der Waals surface area contributed by atoms with Gasteiger partial charge < -0.3 is 9.47 Å². The molecule has 1 aromatic rings. The van der Waals surface area contributed by atoms with Crippen LogP contribution in [0.25, 0.3) is 0 Å². The fraction of sp³-hybridized carbons (Fsp3) is 0.562. The van der Waals surface area contributed by atoms with Crippen LogP contribution in [0, 0.1) is 12.3 Å². The molecule has 0 aromatic heterocycles. The molecule has 1 aromatic carbocycles. The summed E-state index contributed by atoms with van der Waals surface area (Å²) in [6.07, 6.45) is 2.57. The minimum Gasteiger partial charge on any atom is -0.486 e. The molecule has 2 atom stereocenters. The third-order valence-electron chi connectivity index (χ3n) is 3.89. The third kappa shape index (κ3) is 3.03. The van der Waals surface area contributed by atoms with Gasteiger partial charge in [-0.05, 0) is 43.9 Å². The zero-order valence-corrected chi connectivity index (χ0v) is 11.6. The normalized spacial score (nSPS) is 26.1. The molecule has 1 radical (unpaired) electrons. The summed E-state index contributed by atoms with van der Waals surface area (Å²) < 4.78 is 11.8. The predicted molar refractivity (Wildman–Crippen MR) is 75.5 cm³/mol. The van der Waals surface area contributed by atoms with Crippen molar-refractivity contribution in [2.75, 3.05) is 26.2 Å². The Balaban J connectivity index is 1.60. The van der Waals surface area contributed by atoms with E-state index in [0.29, 0.717) is 6.61 Å². The van der Waals surface area contributed by atoms with Crippen molar-refractivity contribution in [3.05, 3.63) is 31.2 Å². The Hall–Kier alpha value is -1.22. The number of para-hydroxylation sites is 2. The standard InChI is InChI=1S/C16H22NO2/c1-16(2)8-5-9-17(12-16)10-13-11-18-14-6-3-4-7-15(14)19-13/h3-4,6-7,13H,1,5,8-12H2,2H3. The molecule has 0 amide bonds. The number of rotatable bonds is 2. The first-order valence-corrected chi connectivity index (χ1v) is 7.09. The lowest BCUT2D eigenvalue weighted by molar-refractivity contribution is 0.0368. The Kier molecular flexibility index (Phi) is 3.40. The van der Waals surface area contributed by atoms with E-state index in [1.807, 2.05) is 24.3 Å². The molecule has 0 spiro atoms. The van der Waals surface area contributed by atoms with Crippen LogP contribution >= 0.6 is 0 Å². The summed E-state index contributed by atoms with van der Waals surface area (Å²) in [4.78, 5) is 2.46. The fourth-order valence-electron chi connectivity index (χ4n) is 3.02. The average Bonchev–Trinajstić information content (AvgIpc) is 2.37. The largest absolute Gasteiger partial charge is 0.486 e. The minimum atomic E-state index is 0.129. The van der Waals surface area contributed by atoms with Gasteiger partial charge in [0.05, 0.1) is 0 Å². The van der Waals surface area contributed by atoms with Gasteiger partial charge in [-0.15, -0.1) is 0 Å². The van der Waals surface area contributed by atoms with Crippen molar-refractivity contribution >= 4 is 0 Å². The summed E-state index contributed by atoms with van der Waals surface area (Å²) in [6, 6.07) is 7.89. The van der Waals surface area contributed by atoms with Gasteiger partial charge in [-0.3, -0.25) is 4.90 Å². The van der Waals surface area contributed by atoms with E-state index in [9.17, 15) is 0 Å². The second-order valence-corrected chi connectivity index (χ2v) is 6.15. The number of nitrogens with zero attached hydrogens (tertiary/aromatic N) is 1. The maximum Gasteiger partial charge on any atom is 0.161 e. The van der Waals surface area contributed by atoms with Crippen LogP contribution in [-0.4, -0.2) is 37.2 Å². The molecule has 1 fully saturated rings. The number of likely N-dealkylation sites (tertiary alicyclic amines) is 1. The maximum absolute atomic E-state index is 6.02. The summed E-state index contributed by atoms with van der Waals surface area (Å²) in [6.45, 7) is 10.3. The highest BCUT2D eigenvalue weighted by Crippen LogP contribution is 2.32. The first-order valence-electron chi connectivity index (χ1n) is 7.09. The second-order valence-electron chi connectivity index (χ2n) is 6.15. The van der Waals surface area contributed by atoms with E-state index in [4.69, 9.17) is 9.47 Å². The van der Waals surface area contributed by atoms with Crippen LogP contribution in [-0.2, 0) is 0 Å². The molecule has 3 heteroatoms. The highest BCUT2D eigenvalue weighted by molar-refractivity contribution is 5.40. The highest BCUT2D eigenvalue weighted by atomic mass is 16.6. The molecule has 0 aliphatic carbocycles. The van der Waals surface area contributed by atoms with Gasteiger partial charge in [-0.2, -0.15) is 0 Å². The molecule has 3 nitrogen and oxygen atoms in total. The van der Waals surface area contributed by atoms with Gasteiger partial charge in [0.15, 0.2) is 11.5 Å². The van der Waals surface area contributed by atoms with E-state index in [0.717, 1.165) is 31.1 Å². The summed E-state index contributed by atoms with van der Waals surface area (Å²) in [7, 11) is 0. The molecule has 0 saturated carbocycles. The molecule has 2 aliphatic rings. The summed E-state index contributed by atoms with van der Waals surface area (Å²) in [5.41, 5.74) is 0.186. The lowest BCUT2D eigenvalue weighted by Gasteiger charge is -2.40. The van der Waals surface area contributed by atoms with Crippen LogP contribution in [0.5, 0.6) is 11.5 Å². The van der Waals surface area contributed by atoms with Gasteiger partial charge in [0.2, 0.25) is 0 Å². The molecule has 2 heterocycles. The molecule has 3 rings (SSSR count). The second kappa shape index (κ2) is 5.04.